The summed E-state index contributed by atoms with van der Waals surface area (Å²) in [6.07, 6.45) is 0. The van der Waals surface area contributed by atoms with Gasteiger partial charge in [-0.2, -0.15) is 0 Å². The predicted octanol–water partition coefficient (Wildman–Crippen LogP) is 3.29. The molecule has 0 saturated heterocycles. The lowest BCUT2D eigenvalue weighted by molar-refractivity contribution is -0.145. The second-order valence-electron chi connectivity index (χ2n) is 5.94. The van der Waals surface area contributed by atoms with E-state index in [1.807, 2.05) is 0 Å². The van der Waals surface area contributed by atoms with Crippen molar-refractivity contribution in [1.29, 1.82) is 0 Å². The van der Waals surface area contributed by atoms with Gasteiger partial charge >= 0.3 is 5.97 Å². The number of halogens is 1. The number of methoxy groups -OCH3 is 2. The van der Waals surface area contributed by atoms with Crippen molar-refractivity contribution in [3.8, 4) is 5.75 Å². The Bertz CT molecular complexity index is 761. The highest BCUT2D eigenvalue weighted by molar-refractivity contribution is 5.97. The van der Waals surface area contributed by atoms with Crippen LogP contribution in [0.5, 0.6) is 5.75 Å². The van der Waals surface area contributed by atoms with Gasteiger partial charge in [0, 0.05) is 13.1 Å². The smallest absolute Gasteiger partial charge is 0.310 e. The zero-order chi connectivity index (χ0) is 19.1. The van der Waals surface area contributed by atoms with Crippen molar-refractivity contribution < 1.29 is 23.5 Å². The van der Waals surface area contributed by atoms with E-state index in [0.717, 1.165) is 5.56 Å². The molecule has 0 fully saturated rings. The van der Waals surface area contributed by atoms with Crippen molar-refractivity contribution >= 4 is 11.9 Å². The lowest BCUT2D eigenvalue weighted by Gasteiger charge is -2.26. The van der Waals surface area contributed by atoms with Crippen molar-refractivity contribution in [1.82, 2.24) is 4.90 Å². The SMILES string of the molecule is COC(=O)C(C)CN(Cc1ccc(F)cc1)C(=O)c1ccccc1OC. The van der Waals surface area contributed by atoms with Crippen molar-refractivity contribution in [2.75, 3.05) is 20.8 Å². The minimum atomic E-state index is -0.501. The molecule has 0 radical (unpaired) electrons. The first kappa shape index (κ1) is 19.4. The maximum absolute atomic E-state index is 13.1. The number of hydrogen-bond acceptors (Lipinski definition) is 4. The van der Waals surface area contributed by atoms with Gasteiger partial charge in [-0.05, 0) is 29.8 Å². The van der Waals surface area contributed by atoms with Gasteiger partial charge in [0.05, 0.1) is 25.7 Å². The third-order valence-corrected chi connectivity index (χ3v) is 4.01. The van der Waals surface area contributed by atoms with E-state index < -0.39 is 11.9 Å². The topological polar surface area (TPSA) is 55.8 Å². The molecule has 0 N–H and O–H groups in total. The molecular weight excluding hydrogens is 337 g/mol. The second kappa shape index (κ2) is 8.99. The van der Waals surface area contributed by atoms with E-state index in [0.29, 0.717) is 11.3 Å². The van der Waals surface area contributed by atoms with Gasteiger partial charge in [0.1, 0.15) is 11.6 Å². The van der Waals surface area contributed by atoms with Gasteiger partial charge in [0.25, 0.3) is 5.91 Å². The third kappa shape index (κ3) is 4.81. The average molecular weight is 359 g/mol. The normalized spacial score (nSPS) is 11.5. The maximum atomic E-state index is 13.1. The first-order valence-corrected chi connectivity index (χ1v) is 8.20. The number of nitrogens with zero attached hydrogens (tertiary/aromatic N) is 1. The van der Waals surface area contributed by atoms with Gasteiger partial charge in [-0.25, -0.2) is 4.39 Å². The molecule has 1 unspecified atom stereocenters. The molecule has 2 rings (SSSR count). The summed E-state index contributed by atoms with van der Waals surface area (Å²) in [5.74, 6) is -1.07. The molecule has 0 aromatic heterocycles. The van der Waals surface area contributed by atoms with Crippen LogP contribution in [0.4, 0.5) is 4.39 Å². The van der Waals surface area contributed by atoms with E-state index in [2.05, 4.69) is 0 Å². The van der Waals surface area contributed by atoms with E-state index in [1.54, 1.807) is 43.3 Å². The van der Waals surface area contributed by atoms with Gasteiger partial charge in [-0.3, -0.25) is 9.59 Å². The molecule has 0 bridgehead atoms. The molecule has 1 atom stereocenters. The van der Waals surface area contributed by atoms with Gasteiger partial charge in [0.2, 0.25) is 0 Å². The molecule has 1 amide bonds. The number of rotatable bonds is 7. The molecule has 0 heterocycles. The molecule has 2 aromatic carbocycles. The number of amides is 1. The van der Waals surface area contributed by atoms with Crippen molar-refractivity contribution in [3.05, 3.63) is 65.5 Å². The van der Waals surface area contributed by atoms with Crippen LogP contribution in [0.1, 0.15) is 22.8 Å². The number of carbonyl (C=O) groups excluding carboxylic acids is 2. The molecule has 0 aliphatic heterocycles. The summed E-state index contributed by atoms with van der Waals surface area (Å²) >= 11 is 0. The fraction of sp³-hybridized carbons (Fsp3) is 0.300. The van der Waals surface area contributed by atoms with Crippen LogP contribution in [0.2, 0.25) is 0 Å². The van der Waals surface area contributed by atoms with E-state index in [9.17, 15) is 14.0 Å². The highest BCUT2D eigenvalue weighted by Gasteiger charge is 2.24. The lowest BCUT2D eigenvalue weighted by atomic mass is 10.1. The number of ether oxygens (including phenoxy) is 2. The Labute approximate surface area is 152 Å². The van der Waals surface area contributed by atoms with E-state index in [-0.39, 0.29) is 24.8 Å². The molecule has 26 heavy (non-hydrogen) atoms. The van der Waals surface area contributed by atoms with Crippen LogP contribution < -0.4 is 4.74 Å². The molecule has 0 spiro atoms. The molecular formula is C20H22FNO4. The largest absolute Gasteiger partial charge is 0.496 e. The van der Waals surface area contributed by atoms with Gasteiger partial charge < -0.3 is 14.4 Å². The van der Waals surface area contributed by atoms with E-state index >= 15 is 0 Å². The van der Waals surface area contributed by atoms with Crippen LogP contribution in [0.3, 0.4) is 0 Å². The highest BCUT2D eigenvalue weighted by atomic mass is 19.1. The first-order valence-electron chi connectivity index (χ1n) is 8.20. The van der Waals surface area contributed by atoms with Crippen molar-refractivity contribution in [2.45, 2.75) is 13.5 Å². The fourth-order valence-corrected chi connectivity index (χ4v) is 2.63. The van der Waals surface area contributed by atoms with Gasteiger partial charge in [-0.15, -0.1) is 0 Å². The molecule has 0 saturated carbocycles. The fourth-order valence-electron chi connectivity index (χ4n) is 2.63. The van der Waals surface area contributed by atoms with Crippen molar-refractivity contribution in [2.24, 2.45) is 5.92 Å². The van der Waals surface area contributed by atoms with Crippen LogP contribution in [-0.2, 0) is 16.1 Å². The Morgan fingerprint density at radius 1 is 1.08 bits per heavy atom. The van der Waals surface area contributed by atoms with E-state index in [4.69, 9.17) is 9.47 Å². The summed E-state index contributed by atoms with van der Waals surface area (Å²) in [6.45, 7) is 2.10. The number of benzene rings is 2. The molecule has 0 aliphatic rings. The summed E-state index contributed by atoms with van der Waals surface area (Å²) in [4.78, 5) is 26.4. The molecule has 5 nitrogen and oxygen atoms in total. The van der Waals surface area contributed by atoms with Crippen molar-refractivity contribution in [3.63, 3.8) is 0 Å². The average Bonchev–Trinajstić information content (AvgIpc) is 2.67. The summed E-state index contributed by atoms with van der Waals surface area (Å²) in [5.41, 5.74) is 1.15. The van der Waals surface area contributed by atoms with Gasteiger partial charge in [-0.1, -0.05) is 31.2 Å². The quantitative estimate of drug-likeness (QED) is 0.712. The van der Waals surface area contributed by atoms with Crippen LogP contribution >= 0.6 is 0 Å². The number of carbonyl (C=O) groups is 2. The minimum absolute atomic E-state index is 0.168. The predicted molar refractivity (Wildman–Crippen MR) is 95.3 cm³/mol. The number of para-hydroxylation sites is 1. The maximum Gasteiger partial charge on any atom is 0.310 e. The number of esters is 1. The Morgan fingerprint density at radius 2 is 1.73 bits per heavy atom. The summed E-state index contributed by atoms with van der Waals surface area (Å²) < 4.78 is 23.2. The van der Waals surface area contributed by atoms with Crippen LogP contribution in [0.25, 0.3) is 0 Å². The zero-order valence-corrected chi connectivity index (χ0v) is 15.1. The molecule has 2 aromatic rings. The monoisotopic (exact) mass is 359 g/mol. The molecule has 6 heteroatoms. The zero-order valence-electron chi connectivity index (χ0n) is 15.1. The summed E-state index contributed by atoms with van der Waals surface area (Å²) in [7, 11) is 2.80. The van der Waals surface area contributed by atoms with Crippen LogP contribution in [0.15, 0.2) is 48.5 Å². The summed E-state index contributed by atoms with van der Waals surface area (Å²) in [6, 6.07) is 12.8. The standard InChI is InChI=1S/C20H22FNO4/c1-14(20(24)26-3)12-22(13-15-8-10-16(21)11-9-15)19(23)17-6-4-5-7-18(17)25-2/h4-11,14H,12-13H2,1-3H3. The molecule has 0 aliphatic carbocycles. The first-order chi connectivity index (χ1) is 12.5. The third-order valence-electron chi connectivity index (χ3n) is 4.01. The summed E-state index contributed by atoms with van der Waals surface area (Å²) in [5, 5.41) is 0. The van der Waals surface area contributed by atoms with Gasteiger partial charge in [0.15, 0.2) is 0 Å². The van der Waals surface area contributed by atoms with E-state index in [1.165, 1.54) is 31.3 Å². The molecule has 138 valence electrons. The number of hydrogen-bond donors (Lipinski definition) is 0. The Morgan fingerprint density at radius 3 is 2.35 bits per heavy atom. The van der Waals surface area contributed by atoms with Crippen LogP contribution in [0, 0.1) is 11.7 Å². The Kier molecular flexibility index (Phi) is 6.72. The highest BCUT2D eigenvalue weighted by Crippen LogP contribution is 2.21. The lowest BCUT2D eigenvalue weighted by Crippen LogP contribution is -2.37. The van der Waals surface area contributed by atoms with Crippen LogP contribution in [-0.4, -0.2) is 37.5 Å². The minimum Gasteiger partial charge on any atom is -0.496 e. The Hall–Kier alpha value is -2.89. The Balaban J connectivity index is 2.30. The second-order valence-corrected chi connectivity index (χ2v) is 5.94.